The molecule has 0 amide bonds. The number of aromatic hydroxyl groups is 1. The Hall–Kier alpha value is -2.67. The van der Waals surface area contributed by atoms with Gasteiger partial charge < -0.3 is 10.1 Å². The molecule has 0 saturated carbocycles. The van der Waals surface area contributed by atoms with Crippen LogP contribution in [0.15, 0.2) is 35.4 Å². The third-order valence-corrected chi connectivity index (χ3v) is 2.92. The summed E-state index contributed by atoms with van der Waals surface area (Å²) in [6.45, 7) is 0. The molecule has 0 aliphatic heterocycles. The van der Waals surface area contributed by atoms with Gasteiger partial charge in [0.1, 0.15) is 11.9 Å². The van der Waals surface area contributed by atoms with Gasteiger partial charge in [-0.1, -0.05) is 23.7 Å². The first kappa shape index (κ1) is 12.4. The molecule has 0 bridgehead atoms. The molecule has 0 unspecified atom stereocenters. The smallest absolute Gasteiger partial charge is 0.263 e. The minimum absolute atomic E-state index is 0.0740. The molecule has 0 aliphatic rings. The number of hydrogen-bond donors (Lipinski definition) is 3. The molecule has 1 aromatic carbocycles. The molecule has 3 N–H and O–H groups in total. The molecule has 2 heterocycles. The molecule has 3 rings (SSSR count). The number of rotatable bonds is 2. The Bertz CT molecular complexity index is 796. The lowest BCUT2D eigenvalue weighted by molar-refractivity contribution is 0.454. The summed E-state index contributed by atoms with van der Waals surface area (Å²) in [6, 6.07) is 6.51. The van der Waals surface area contributed by atoms with Gasteiger partial charge in [0.15, 0.2) is 11.6 Å². The highest BCUT2D eigenvalue weighted by atomic mass is 35.5. The van der Waals surface area contributed by atoms with Crippen LogP contribution in [0.1, 0.15) is 0 Å². The van der Waals surface area contributed by atoms with Crippen LogP contribution in [-0.4, -0.2) is 30.3 Å². The number of aromatic amines is 2. The number of nitrogens with zero attached hydrogens (tertiary/aromatic N) is 3. The molecule has 0 radical (unpaired) electrons. The van der Waals surface area contributed by atoms with Crippen LogP contribution in [0, 0.1) is 0 Å². The summed E-state index contributed by atoms with van der Waals surface area (Å²) in [4.78, 5) is 22.4. The quantitative estimate of drug-likeness (QED) is 0.664. The van der Waals surface area contributed by atoms with Crippen LogP contribution in [0.4, 0.5) is 0 Å². The van der Waals surface area contributed by atoms with Gasteiger partial charge in [0.25, 0.3) is 5.56 Å². The highest BCUT2D eigenvalue weighted by molar-refractivity contribution is 6.30. The first-order chi connectivity index (χ1) is 9.65. The second-order valence-corrected chi connectivity index (χ2v) is 4.39. The van der Waals surface area contributed by atoms with E-state index in [0.717, 1.165) is 0 Å². The topological polar surface area (TPSA) is 108 Å². The van der Waals surface area contributed by atoms with Gasteiger partial charge in [0.2, 0.25) is 5.88 Å². The maximum Gasteiger partial charge on any atom is 0.263 e. The van der Waals surface area contributed by atoms with Crippen molar-refractivity contribution in [3.05, 3.63) is 46.0 Å². The SMILES string of the molecule is O=c1[nH]c(-c2ncn[nH]2)nc(O)c1-c1ccc(Cl)cc1. The van der Waals surface area contributed by atoms with E-state index in [0.29, 0.717) is 10.6 Å². The zero-order valence-corrected chi connectivity index (χ0v) is 10.7. The van der Waals surface area contributed by atoms with Gasteiger partial charge in [-0.05, 0) is 17.7 Å². The fourth-order valence-electron chi connectivity index (χ4n) is 1.77. The third kappa shape index (κ3) is 2.14. The fourth-order valence-corrected chi connectivity index (χ4v) is 1.90. The van der Waals surface area contributed by atoms with Gasteiger partial charge in [0, 0.05) is 5.02 Å². The normalized spacial score (nSPS) is 10.7. The Labute approximate surface area is 117 Å². The van der Waals surface area contributed by atoms with Crippen LogP contribution in [0.5, 0.6) is 5.88 Å². The van der Waals surface area contributed by atoms with Crippen molar-refractivity contribution in [3.63, 3.8) is 0 Å². The summed E-state index contributed by atoms with van der Waals surface area (Å²) in [5.41, 5.74) is 0.112. The number of H-pyrrole nitrogens is 2. The summed E-state index contributed by atoms with van der Waals surface area (Å²) in [6.07, 6.45) is 1.28. The molecule has 8 heteroatoms. The monoisotopic (exact) mass is 289 g/mol. The van der Waals surface area contributed by atoms with Crippen LogP contribution in [0.3, 0.4) is 0 Å². The van der Waals surface area contributed by atoms with Gasteiger partial charge >= 0.3 is 0 Å². The first-order valence-electron chi connectivity index (χ1n) is 5.60. The summed E-state index contributed by atoms with van der Waals surface area (Å²) in [7, 11) is 0. The van der Waals surface area contributed by atoms with Gasteiger partial charge in [-0.3, -0.25) is 9.89 Å². The largest absolute Gasteiger partial charge is 0.493 e. The van der Waals surface area contributed by atoms with Gasteiger partial charge in [-0.2, -0.15) is 10.1 Å². The second kappa shape index (κ2) is 4.78. The molecule has 100 valence electrons. The summed E-state index contributed by atoms with van der Waals surface area (Å²) >= 11 is 5.79. The predicted molar refractivity (Wildman–Crippen MR) is 72.3 cm³/mol. The average Bonchev–Trinajstić information content (AvgIpc) is 2.94. The maximum absolute atomic E-state index is 12.1. The molecule has 0 spiro atoms. The molecular formula is C12H8ClN5O2. The molecule has 0 saturated heterocycles. The van der Waals surface area contributed by atoms with E-state index in [1.54, 1.807) is 24.3 Å². The van der Waals surface area contributed by atoms with E-state index in [9.17, 15) is 9.90 Å². The lowest BCUT2D eigenvalue weighted by Crippen LogP contribution is -2.12. The third-order valence-electron chi connectivity index (χ3n) is 2.67. The standard InChI is InChI=1S/C12H8ClN5O2/c13-7-3-1-6(2-4-7)8-11(19)16-10(17-12(8)20)9-14-5-15-18-9/h1-5H,(H,14,15,18)(H2,16,17,19,20). The Kier molecular flexibility index (Phi) is 2.96. The van der Waals surface area contributed by atoms with Crippen LogP contribution in [0.2, 0.25) is 5.02 Å². The van der Waals surface area contributed by atoms with Crippen molar-refractivity contribution in [2.75, 3.05) is 0 Å². The summed E-state index contributed by atoms with van der Waals surface area (Å²) in [5.74, 6) is -0.00904. The molecule has 3 aromatic rings. The van der Waals surface area contributed by atoms with Crippen molar-refractivity contribution in [1.29, 1.82) is 0 Å². The number of benzene rings is 1. The van der Waals surface area contributed by atoms with E-state index < -0.39 is 5.56 Å². The Morgan fingerprint density at radius 2 is 1.90 bits per heavy atom. The average molecular weight is 290 g/mol. The number of hydrogen-bond acceptors (Lipinski definition) is 5. The van der Waals surface area contributed by atoms with Crippen molar-refractivity contribution < 1.29 is 5.11 Å². The second-order valence-electron chi connectivity index (χ2n) is 3.95. The summed E-state index contributed by atoms with van der Waals surface area (Å²) in [5, 5.41) is 16.7. The van der Waals surface area contributed by atoms with Gasteiger partial charge in [0.05, 0.1) is 0 Å². The highest BCUT2D eigenvalue weighted by Gasteiger charge is 2.14. The number of aromatic nitrogens is 5. The van der Waals surface area contributed by atoms with Crippen LogP contribution < -0.4 is 5.56 Å². The van der Waals surface area contributed by atoms with Crippen LogP contribution in [0.25, 0.3) is 22.8 Å². The molecule has 0 fully saturated rings. The molecule has 7 nitrogen and oxygen atoms in total. The van der Waals surface area contributed by atoms with E-state index in [1.165, 1.54) is 6.33 Å². The minimum Gasteiger partial charge on any atom is -0.493 e. The van der Waals surface area contributed by atoms with Gasteiger partial charge in [-0.25, -0.2) is 4.98 Å². The molecule has 0 aliphatic carbocycles. The minimum atomic E-state index is -0.480. The van der Waals surface area contributed by atoms with Crippen molar-refractivity contribution in [3.8, 4) is 28.7 Å². The van der Waals surface area contributed by atoms with Crippen molar-refractivity contribution >= 4 is 11.6 Å². The van der Waals surface area contributed by atoms with Crippen LogP contribution in [-0.2, 0) is 0 Å². The first-order valence-corrected chi connectivity index (χ1v) is 5.98. The Morgan fingerprint density at radius 1 is 1.15 bits per heavy atom. The number of nitrogens with one attached hydrogen (secondary N) is 2. The predicted octanol–water partition coefficient (Wildman–Crippen LogP) is 1.58. The highest BCUT2D eigenvalue weighted by Crippen LogP contribution is 2.25. The molecule has 2 aromatic heterocycles. The van der Waals surface area contributed by atoms with E-state index in [4.69, 9.17) is 11.6 Å². The lowest BCUT2D eigenvalue weighted by Gasteiger charge is -2.04. The zero-order valence-electron chi connectivity index (χ0n) is 9.96. The van der Waals surface area contributed by atoms with Gasteiger partial charge in [-0.15, -0.1) is 0 Å². The molecular weight excluding hydrogens is 282 g/mol. The Balaban J connectivity index is 2.14. The van der Waals surface area contributed by atoms with Crippen LogP contribution >= 0.6 is 11.6 Å². The van der Waals surface area contributed by atoms with E-state index >= 15 is 0 Å². The zero-order chi connectivity index (χ0) is 14.1. The van der Waals surface area contributed by atoms with E-state index in [-0.39, 0.29) is 23.1 Å². The fraction of sp³-hybridized carbons (Fsp3) is 0. The molecule has 20 heavy (non-hydrogen) atoms. The number of halogens is 1. The van der Waals surface area contributed by atoms with Crippen molar-refractivity contribution in [2.45, 2.75) is 0 Å². The Morgan fingerprint density at radius 3 is 2.50 bits per heavy atom. The van der Waals surface area contributed by atoms with Crippen molar-refractivity contribution in [1.82, 2.24) is 25.1 Å². The van der Waals surface area contributed by atoms with E-state index in [1.807, 2.05) is 0 Å². The van der Waals surface area contributed by atoms with E-state index in [2.05, 4.69) is 25.1 Å². The molecule has 0 atom stereocenters. The van der Waals surface area contributed by atoms with Crippen molar-refractivity contribution in [2.24, 2.45) is 0 Å². The maximum atomic E-state index is 12.1. The summed E-state index contributed by atoms with van der Waals surface area (Å²) < 4.78 is 0. The lowest BCUT2D eigenvalue weighted by atomic mass is 10.1.